The number of thioether (sulfide) groups is 1. The first-order chi connectivity index (χ1) is 9.63. The lowest BCUT2D eigenvalue weighted by Gasteiger charge is -2.14. The molecule has 5 nitrogen and oxygen atoms in total. The van der Waals surface area contributed by atoms with E-state index in [2.05, 4.69) is 23.5 Å². The fourth-order valence-electron chi connectivity index (χ4n) is 2.12. The summed E-state index contributed by atoms with van der Waals surface area (Å²) >= 11 is 1.82. The van der Waals surface area contributed by atoms with Crippen molar-refractivity contribution in [3.8, 4) is 0 Å². The van der Waals surface area contributed by atoms with Gasteiger partial charge in [0.2, 0.25) is 0 Å². The zero-order valence-corrected chi connectivity index (χ0v) is 12.3. The molecule has 0 amide bonds. The molecule has 106 valence electrons. The number of nitro benzene ring substituents is 1. The van der Waals surface area contributed by atoms with Gasteiger partial charge in [-0.1, -0.05) is 6.92 Å². The highest BCUT2D eigenvalue weighted by Crippen LogP contribution is 2.30. The minimum atomic E-state index is -0.371. The summed E-state index contributed by atoms with van der Waals surface area (Å²) in [6, 6.07) is 5.11. The van der Waals surface area contributed by atoms with E-state index in [-0.39, 0.29) is 10.6 Å². The molecule has 1 aromatic carbocycles. The summed E-state index contributed by atoms with van der Waals surface area (Å²) in [5.41, 5.74) is 1.01. The number of pyridine rings is 1. The molecule has 0 radical (unpaired) electrons. The molecule has 0 bridgehead atoms. The van der Waals surface area contributed by atoms with E-state index in [1.54, 1.807) is 18.5 Å². The van der Waals surface area contributed by atoms with Crippen molar-refractivity contribution in [2.75, 3.05) is 23.9 Å². The van der Waals surface area contributed by atoms with Crippen LogP contribution in [0.4, 0.5) is 11.4 Å². The average Bonchev–Trinajstić information content (AvgIpc) is 2.44. The standard InChI is InChI=1S/C14H17N3O2S/c1-10(9-20-2)7-16-13-3-4-14(17(18)19)12-8-15-6-5-11(12)13/h3-6,8,10,16H,7,9H2,1-2H3. The molecule has 0 aliphatic carbocycles. The summed E-state index contributed by atoms with van der Waals surface area (Å²) in [7, 11) is 0. The molecule has 2 aromatic rings. The van der Waals surface area contributed by atoms with E-state index in [9.17, 15) is 10.1 Å². The number of aromatic nitrogens is 1. The Morgan fingerprint density at radius 3 is 2.90 bits per heavy atom. The summed E-state index contributed by atoms with van der Waals surface area (Å²) in [5.74, 6) is 1.62. The second-order valence-corrected chi connectivity index (χ2v) is 5.66. The Morgan fingerprint density at radius 1 is 1.40 bits per heavy atom. The van der Waals surface area contributed by atoms with Gasteiger partial charge in [-0.3, -0.25) is 15.1 Å². The van der Waals surface area contributed by atoms with E-state index in [1.165, 1.54) is 6.07 Å². The van der Waals surface area contributed by atoms with Crippen molar-refractivity contribution in [1.82, 2.24) is 4.98 Å². The van der Waals surface area contributed by atoms with Gasteiger partial charge in [0, 0.05) is 36.1 Å². The van der Waals surface area contributed by atoms with Crippen LogP contribution in [0.25, 0.3) is 10.8 Å². The number of anilines is 1. The van der Waals surface area contributed by atoms with Gasteiger partial charge in [0.05, 0.1) is 10.3 Å². The zero-order chi connectivity index (χ0) is 14.5. The summed E-state index contributed by atoms with van der Waals surface area (Å²) in [6.07, 6.45) is 5.29. The number of nitrogens with one attached hydrogen (secondary N) is 1. The minimum Gasteiger partial charge on any atom is -0.384 e. The highest BCUT2D eigenvalue weighted by molar-refractivity contribution is 7.98. The number of hydrogen-bond acceptors (Lipinski definition) is 5. The van der Waals surface area contributed by atoms with Gasteiger partial charge in [-0.05, 0) is 30.1 Å². The summed E-state index contributed by atoms with van der Waals surface area (Å²) in [5, 5.41) is 15.8. The molecule has 1 aromatic heterocycles. The Labute approximate surface area is 121 Å². The van der Waals surface area contributed by atoms with Crippen molar-refractivity contribution in [1.29, 1.82) is 0 Å². The number of hydrogen-bond donors (Lipinski definition) is 1. The van der Waals surface area contributed by atoms with Gasteiger partial charge in [-0.2, -0.15) is 11.8 Å². The van der Waals surface area contributed by atoms with Gasteiger partial charge in [0.15, 0.2) is 0 Å². The molecule has 1 N–H and O–H groups in total. The van der Waals surface area contributed by atoms with Crippen LogP contribution in [0.15, 0.2) is 30.6 Å². The van der Waals surface area contributed by atoms with Crippen LogP contribution in [0.1, 0.15) is 6.92 Å². The SMILES string of the molecule is CSCC(C)CNc1ccc([N+](=O)[O-])c2cnccc12. The molecule has 20 heavy (non-hydrogen) atoms. The fraction of sp³-hybridized carbons (Fsp3) is 0.357. The lowest BCUT2D eigenvalue weighted by atomic mass is 10.1. The van der Waals surface area contributed by atoms with Crippen LogP contribution in [0.3, 0.4) is 0 Å². The van der Waals surface area contributed by atoms with Crippen LogP contribution in [0.5, 0.6) is 0 Å². The Bertz CT molecular complexity index is 618. The third kappa shape index (κ3) is 3.19. The van der Waals surface area contributed by atoms with Gasteiger partial charge < -0.3 is 5.32 Å². The van der Waals surface area contributed by atoms with E-state index in [0.717, 1.165) is 23.4 Å². The molecule has 0 spiro atoms. The minimum absolute atomic E-state index is 0.0933. The predicted octanol–water partition coefficient (Wildman–Crippen LogP) is 3.55. The van der Waals surface area contributed by atoms with Crippen molar-refractivity contribution in [3.63, 3.8) is 0 Å². The molecule has 0 saturated carbocycles. The predicted molar refractivity (Wildman–Crippen MR) is 84.4 cm³/mol. The molecule has 6 heteroatoms. The molecular formula is C14H17N3O2S. The summed E-state index contributed by atoms with van der Waals surface area (Å²) in [6.45, 7) is 3.02. The Morgan fingerprint density at radius 2 is 2.20 bits per heavy atom. The maximum absolute atomic E-state index is 11.0. The first-order valence-corrected chi connectivity index (χ1v) is 7.76. The monoisotopic (exact) mass is 291 g/mol. The largest absolute Gasteiger partial charge is 0.384 e. The molecule has 1 heterocycles. The van der Waals surface area contributed by atoms with Gasteiger partial charge in [-0.15, -0.1) is 0 Å². The topological polar surface area (TPSA) is 68.1 Å². The van der Waals surface area contributed by atoms with E-state index in [4.69, 9.17) is 0 Å². The first kappa shape index (κ1) is 14.6. The number of benzene rings is 1. The maximum atomic E-state index is 11.0. The van der Waals surface area contributed by atoms with E-state index in [0.29, 0.717) is 11.3 Å². The average molecular weight is 291 g/mol. The summed E-state index contributed by atoms with van der Waals surface area (Å²) < 4.78 is 0. The molecule has 0 aliphatic rings. The zero-order valence-electron chi connectivity index (χ0n) is 11.5. The Hall–Kier alpha value is -1.82. The van der Waals surface area contributed by atoms with Gasteiger partial charge in [-0.25, -0.2) is 0 Å². The molecule has 1 unspecified atom stereocenters. The lowest BCUT2D eigenvalue weighted by molar-refractivity contribution is -0.383. The van der Waals surface area contributed by atoms with Crippen molar-refractivity contribution in [3.05, 3.63) is 40.7 Å². The van der Waals surface area contributed by atoms with Crippen molar-refractivity contribution in [2.24, 2.45) is 5.92 Å². The van der Waals surface area contributed by atoms with Crippen LogP contribution < -0.4 is 5.32 Å². The number of fused-ring (bicyclic) bond motifs is 1. The molecule has 0 saturated heterocycles. The number of non-ortho nitro benzene ring substituents is 1. The maximum Gasteiger partial charge on any atom is 0.278 e. The molecule has 2 rings (SSSR count). The van der Waals surface area contributed by atoms with Crippen molar-refractivity contribution >= 4 is 33.9 Å². The lowest BCUT2D eigenvalue weighted by Crippen LogP contribution is -2.13. The molecule has 0 fully saturated rings. The van der Waals surface area contributed by atoms with E-state index >= 15 is 0 Å². The first-order valence-electron chi connectivity index (χ1n) is 6.37. The Balaban J connectivity index is 2.31. The van der Waals surface area contributed by atoms with Gasteiger partial charge in [0.1, 0.15) is 0 Å². The number of nitrogens with zero attached hydrogens (tertiary/aromatic N) is 2. The highest BCUT2D eigenvalue weighted by atomic mass is 32.2. The highest BCUT2D eigenvalue weighted by Gasteiger charge is 2.14. The number of nitro groups is 1. The third-order valence-electron chi connectivity index (χ3n) is 3.08. The normalized spacial score (nSPS) is 12.3. The van der Waals surface area contributed by atoms with Crippen LogP contribution in [-0.2, 0) is 0 Å². The molecule has 0 aliphatic heterocycles. The van der Waals surface area contributed by atoms with Crippen LogP contribution in [-0.4, -0.2) is 28.5 Å². The van der Waals surface area contributed by atoms with Crippen LogP contribution in [0.2, 0.25) is 0 Å². The van der Waals surface area contributed by atoms with Gasteiger partial charge >= 0.3 is 0 Å². The quantitative estimate of drug-likeness (QED) is 0.651. The van der Waals surface area contributed by atoms with Crippen LogP contribution in [0, 0.1) is 16.0 Å². The van der Waals surface area contributed by atoms with E-state index < -0.39 is 0 Å². The molecule has 1 atom stereocenters. The van der Waals surface area contributed by atoms with Crippen molar-refractivity contribution in [2.45, 2.75) is 6.92 Å². The number of rotatable bonds is 6. The second kappa shape index (κ2) is 6.56. The van der Waals surface area contributed by atoms with E-state index in [1.807, 2.05) is 17.8 Å². The van der Waals surface area contributed by atoms with Crippen LogP contribution >= 0.6 is 11.8 Å². The second-order valence-electron chi connectivity index (χ2n) is 4.75. The summed E-state index contributed by atoms with van der Waals surface area (Å²) in [4.78, 5) is 14.6. The fourth-order valence-corrected chi connectivity index (χ4v) is 2.80. The smallest absolute Gasteiger partial charge is 0.278 e. The van der Waals surface area contributed by atoms with Crippen molar-refractivity contribution < 1.29 is 4.92 Å². The molecular weight excluding hydrogens is 274 g/mol. The Kier molecular flexibility index (Phi) is 4.79. The van der Waals surface area contributed by atoms with Gasteiger partial charge in [0.25, 0.3) is 5.69 Å². The third-order valence-corrected chi connectivity index (χ3v) is 3.99.